The Morgan fingerprint density at radius 1 is 0.611 bits per heavy atom. The van der Waals surface area contributed by atoms with Crippen LogP contribution in [0.25, 0.3) is 0 Å². The van der Waals surface area contributed by atoms with Crippen LogP contribution in [0.4, 0.5) is 0 Å². The molecule has 0 spiro atoms. The molecule has 0 N–H and O–H groups in total. The maximum Gasteiger partial charge on any atom is 3.00 e. The number of carbonyl (C=O) groups excluding carboxylic acids is 2. The zero-order valence-electron chi connectivity index (χ0n) is 9.94. The Bertz CT molecular complexity index is 383. The average Bonchev–Trinajstić information content (AvgIpc) is 2.41. The van der Waals surface area contributed by atoms with Gasteiger partial charge in [-0.1, -0.05) is 12.1 Å². The zero-order valence-corrected chi connectivity index (χ0v) is 11.0. The maximum absolute atomic E-state index is 9.88. The first-order chi connectivity index (χ1) is 7.86. The monoisotopic (exact) mass is 281 g/mol. The largest absolute Gasteiger partial charge is 3.00 e. The molecule has 2 aromatic rings. The Balaban J connectivity index is 0. The van der Waals surface area contributed by atoms with Gasteiger partial charge in [-0.3, -0.25) is 0 Å². The van der Waals surface area contributed by atoms with Crippen LogP contribution in [0.1, 0.15) is 11.1 Å². The van der Waals surface area contributed by atoms with Gasteiger partial charge < -0.3 is 17.0 Å². The summed E-state index contributed by atoms with van der Waals surface area (Å²) in [6.07, 6.45) is 3.55. The molecule has 0 saturated heterocycles. The van der Waals surface area contributed by atoms with Crippen LogP contribution < -0.4 is 0 Å². The molecular formula is C15H13FeO2. The molecule has 0 atom stereocenters. The number of hydrogen-bond donors (Lipinski definition) is 0. The third-order valence-corrected chi connectivity index (χ3v) is 1.78. The van der Waals surface area contributed by atoms with Gasteiger partial charge in [-0.2, -0.15) is 35.4 Å². The molecular weight excluding hydrogens is 268 g/mol. The predicted molar refractivity (Wildman–Crippen MR) is 68.9 cm³/mol. The molecule has 2 nitrogen and oxygen atoms in total. The molecule has 0 fully saturated rings. The first kappa shape index (κ1) is 18.7. The molecule has 0 unspecified atom stereocenters. The van der Waals surface area contributed by atoms with E-state index in [1.807, 2.05) is 12.1 Å². The molecule has 0 aromatic heterocycles. The fourth-order valence-corrected chi connectivity index (χ4v) is 1.01. The minimum Gasteiger partial charge on any atom is -0.376 e. The van der Waals surface area contributed by atoms with Crippen LogP contribution >= 0.6 is 0 Å². The maximum atomic E-state index is 9.88. The van der Waals surface area contributed by atoms with Crippen molar-refractivity contribution in [3.05, 3.63) is 79.2 Å². The summed E-state index contributed by atoms with van der Waals surface area (Å²) >= 11 is 0. The number of hydrogen-bond acceptors (Lipinski definition) is 2. The molecule has 18 heavy (non-hydrogen) atoms. The quantitative estimate of drug-likeness (QED) is 0.626. The second-order valence-corrected chi connectivity index (χ2v) is 2.94. The molecule has 0 amide bonds. The van der Waals surface area contributed by atoms with Crippen LogP contribution in [-0.2, 0) is 26.7 Å². The molecule has 2 rings (SSSR count). The second-order valence-electron chi connectivity index (χ2n) is 2.94. The van der Waals surface area contributed by atoms with Crippen molar-refractivity contribution >= 4 is 12.6 Å². The van der Waals surface area contributed by atoms with Gasteiger partial charge in [-0.25, -0.2) is 0 Å². The third-order valence-electron chi connectivity index (χ3n) is 1.78. The van der Waals surface area contributed by atoms with E-state index in [0.717, 1.165) is 0 Å². The summed E-state index contributed by atoms with van der Waals surface area (Å²) < 4.78 is 0. The SMILES string of the molecule is O=[C-]c1ccccc1.O=[C-]c1ccccc1.[CH3-].[Fe+3]. The molecule has 0 bridgehead atoms. The molecule has 2 aromatic carbocycles. The Morgan fingerprint density at radius 2 is 0.889 bits per heavy atom. The smallest absolute Gasteiger partial charge is 0.376 e. The molecule has 0 saturated carbocycles. The van der Waals surface area contributed by atoms with Crippen molar-refractivity contribution in [2.24, 2.45) is 0 Å². The third kappa shape index (κ3) is 7.55. The van der Waals surface area contributed by atoms with Crippen LogP contribution in [0.2, 0.25) is 0 Å². The summed E-state index contributed by atoms with van der Waals surface area (Å²) in [5, 5.41) is 0. The van der Waals surface area contributed by atoms with E-state index in [2.05, 4.69) is 0 Å². The first-order valence-corrected chi connectivity index (χ1v) is 4.73. The van der Waals surface area contributed by atoms with Gasteiger partial charge in [0.15, 0.2) is 0 Å². The van der Waals surface area contributed by atoms with Gasteiger partial charge in [0, 0.05) is 0 Å². The van der Waals surface area contributed by atoms with Crippen molar-refractivity contribution in [2.75, 3.05) is 0 Å². The van der Waals surface area contributed by atoms with Gasteiger partial charge in [0.25, 0.3) is 0 Å². The number of benzene rings is 2. The minimum atomic E-state index is 0. The van der Waals surface area contributed by atoms with Crippen LogP contribution in [0.3, 0.4) is 0 Å². The van der Waals surface area contributed by atoms with E-state index in [0.29, 0.717) is 11.1 Å². The van der Waals surface area contributed by atoms with Gasteiger partial charge in [0.2, 0.25) is 0 Å². The van der Waals surface area contributed by atoms with E-state index in [1.54, 1.807) is 61.1 Å². The Morgan fingerprint density at radius 3 is 1.06 bits per heavy atom. The summed E-state index contributed by atoms with van der Waals surface area (Å²) in [6, 6.07) is 17.8. The van der Waals surface area contributed by atoms with Gasteiger partial charge in [0.1, 0.15) is 0 Å². The minimum absolute atomic E-state index is 0. The molecule has 0 heterocycles. The fraction of sp³-hybridized carbons (Fsp3) is 0. The summed E-state index contributed by atoms with van der Waals surface area (Å²) in [5.41, 5.74) is 1.21. The van der Waals surface area contributed by atoms with E-state index in [1.165, 1.54) is 0 Å². The van der Waals surface area contributed by atoms with Crippen molar-refractivity contribution in [1.82, 2.24) is 0 Å². The van der Waals surface area contributed by atoms with E-state index in [9.17, 15) is 9.59 Å². The van der Waals surface area contributed by atoms with Crippen LogP contribution in [-0.4, -0.2) is 12.6 Å². The van der Waals surface area contributed by atoms with Crippen molar-refractivity contribution in [2.45, 2.75) is 0 Å². The summed E-state index contributed by atoms with van der Waals surface area (Å²) in [5.74, 6) is 0. The van der Waals surface area contributed by atoms with Crippen LogP contribution in [0, 0.1) is 7.43 Å². The number of rotatable bonds is 2. The molecule has 0 aliphatic rings. The summed E-state index contributed by atoms with van der Waals surface area (Å²) in [6.45, 7) is 0. The van der Waals surface area contributed by atoms with Crippen molar-refractivity contribution < 1.29 is 26.7 Å². The molecule has 0 aliphatic carbocycles. The van der Waals surface area contributed by atoms with E-state index in [-0.39, 0.29) is 24.5 Å². The van der Waals surface area contributed by atoms with E-state index in [4.69, 9.17) is 0 Å². The Kier molecular flexibility index (Phi) is 12.2. The van der Waals surface area contributed by atoms with Crippen LogP contribution in [0.5, 0.6) is 0 Å². The fourth-order valence-electron chi connectivity index (χ4n) is 1.01. The molecule has 3 heteroatoms. The summed E-state index contributed by atoms with van der Waals surface area (Å²) in [7, 11) is 0. The zero-order chi connectivity index (χ0) is 11.6. The first-order valence-electron chi connectivity index (χ1n) is 4.73. The van der Waals surface area contributed by atoms with Gasteiger partial charge >= 0.3 is 17.1 Å². The van der Waals surface area contributed by atoms with E-state index >= 15 is 0 Å². The van der Waals surface area contributed by atoms with Crippen molar-refractivity contribution in [3.63, 3.8) is 0 Å². The predicted octanol–water partition coefficient (Wildman–Crippen LogP) is 2.74. The summed E-state index contributed by atoms with van der Waals surface area (Å²) in [4.78, 5) is 19.8. The van der Waals surface area contributed by atoms with Crippen LogP contribution in [0.15, 0.2) is 60.7 Å². The van der Waals surface area contributed by atoms with Gasteiger partial charge in [-0.05, 0) is 0 Å². The molecule has 93 valence electrons. The Hall–Kier alpha value is -1.70. The van der Waals surface area contributed by atoms with Crippen molar-refractivity contribution in [1.29, 1.82) is 0 Å². The second kappa shape index (κ2) is 11.8. The Labute approximate surface area is 119 Å². The normalized spacial score (nSPS) is 7.56. The molecule has 1 radical (unpaired) electrons. The van der Waals surface area contributed by atoms with Crippen molar-refractivity contribution in [3.8, 4) is 0 Å². The van der Waals surface area contributed by atoms with E-state index < -0.39 is 0 Å². The van der Waals surface area contributed by atoms with Gasteiger partial charge in [0.05, 0.1) is 12.6 Å². The molecule has 0 aliphatic heterocycles. The van der Waals surface area contributed by atoms with Gasteiger partial charge in [-0.15, -0.1) is 24.3 Å². The topological polar surface area (TPSA) is 34.1 Å². The standard InChI is InChI=1S/2C7H5O.CH3.Fe/c2*8-6-7-4-2-1-3-5-7;;/h2*1-5H;1H3;/q3*-1;+3. The average molecular weight is 281 g/mol.